The zero-order chi connectivity index (χ0) is 10.8. The van der Waals surface area contributed by atoms with E-state index in [0.717, 1.165) is 17.1 Å². The van der Waals surface area contributed by atoms with E-state index < -0.39 is 24.2 Å². The van der Waals surface area contributed by atoms with Gasteiger partial charge in [-0.1, -0.05) is 0 Å². The molecule has 0 saturated heterocycles. The van der Waals surface area contributed by atoms with Crippen molar-refractivity contribution in [1.29, 1.82) is 0 Å². The number of alkyl halides is 4. The molecule has 14 heavy (non-hydrogen) atoms. The highest BCUT2D eigenvalue weighted by Gasteiger charge is 2.39. The van der Waals surface area contributed by atoms with Crippen LogP contribution in [0.15, 0.2) is 12.4 Å². The molecule has 0 radical (unpaired) electrons. The van der Waals surface area contributed by atoms with Gasteiger partial charge in [0.05, 0.1) is 18.3 Å². The number of hydrogen-bond donors (Lipinski definition) is 0. The van der Waals surface area contributed by atoms with Crippen LogP contribution in [0.3, 0.4) is 0 Å². The van der Waals surface area contributed by atoms with Gasteiger partial charge in [0, 0.05) is 6.20 Å². The Labute approximate surface area is 76.3 Å². The normalized spacial score (nSPS) is 11.7. The minimum Gasteiger partial charge on any atom is -0.284 e. The third kappa shape index (κ3) is 2.30. The van der Waals surface area contributed by atoms with E-state index in [9.17, 15) is 22.4 Å². The second-order valence-corrected chi connectivity index (χ2v) is 2.51. The van der Waals surface area contributed by atoms with Crippen molar-refractivity contribution in [3.8, 4) is 0 Å². The van der Waals surface area contributed by atoms with Crippen molar-refractivity contribution >= 4 is 5.78 Å². The number of nitrogens with zero attached hydrogens (tertiary/aromatic N) is 2. The van der Waals surface area contributed by atoms with Crippen LogP contribution in [-0.4, -0.2) is 28.4 Å². The summed E-state index contributed by atoms with van der Waals surface area (Å²) in [5.74, 6) is -1.97. The van der Waals surface area contributed by atoms with Crippen molar-refractivity contribution in [2.45, 2.75) is 12.7 Å². The largest absolute Gasteiger partial charge is 0.454 e. The van der Waals surface area contributed by atoms with E-state index in [1.165, 1.54) is 0 Å². The van der Waals surface area contributed by atoms with E-state index >= 15 is 0 Å². The minimum absolute atomic E-state index is 0.162. The summed E-state index contributed by atoms with van der Waals surface area (Å²) in [4.78, 5) is 10.6. The number of Topliss-reactive ketones (excluding diaryl/α,β-unsaturated/α-hetero) is 1. The van der Waals surface area contributed by atoms with Gasteiger partial charge in [-0.05, 0) is 0 Å². The number of carbonyl (C=O) groups excluding carboxylic acids is 1. The summed E-state index contributed by atoms with van der Waals surface area (Å²) in [6.07, 6.45) is -3.27. The first kappa shape index (κ1) is 10.7. The van der Waals surface area contributed by atoms with Crippen LogP contribution in [-0.2, 0) is 6.54 Å². The quantitative estimate of drug-likeness (QED) is 0.561. The Morgan fingerprint density at radius 2 is 2.14 bits per heavy atom. The van der Waals surface area contributed by atoms with Gasteiger partial charge in [-0.2, -0.15) is 18.3 Å². The smallest absolute Gasteiger partial charge is 0.284 e. The molecule has 0 bridgehead atoms. The van der Waals surface area contributed by atoms with Gasteiger partial charge in [0.25, 0.3) is 5.78 Å². The summed E-state index contributed by atoms with van der Waals surface area (Å²) < 4.78 is 48.3. The summed E-state index contributed by atoms with van der Waals surface area (Å²) in [6.45, 7) is -0.910. The van der Waals surface area contributed by atoms with Crippen LogP contribution in [0.1, 0.15) is 10.4 Å². The van der Waals surface area contributed by atoms with Crippen LogP contribution >= 0.6 is 0 Å². The van der Waals surface area contributed by atoms with Gasteiger partial charge in [-0.3, -0.25) is 9.48 Å². The second kappa shape index (κ2) is 3.77. The first-order valence-electron chi connectivity index (χ1n) is 3.65. The van der Waals surface area contributed by atoms with Crippen molar-refractivity contribution in [1.82, 2.24) is 9.78 Å². The van der Waals surface area contributed by atoms with Crippen LogP contribution in [0.25, 0.3) is 0 Å². The zero-order valence-corrected chi connectivity index (χ0v) is 6.88. The van der Waals surface area contributed by atoms with Gasteiger partial charge >= 0.3 is 6.18 Å². The molecule has 1 aromatic heterocycles. The molecule has 0 N–H and O–H groups in total. The first-order valence-corrected chi connectivity index (χ1v) is 3.65. The van der Waals surface area contributed by atoms with Gasteiger partial charge in [0.15, 0.2) is 0 Å². The predicted molar refractivity (Wildman–Crippen MR) is 38.6 cm³/mol. The lowest BCUT2D eigenvalue weighted by Crippen LogP contribution is -2.22. The van der Waals surface area contributed by atoms with Crippen molar-refractivity contribution < 1.29 is 22.4 Å². The van der Waals surface area contributed by atoms with E-state index in [0.29, 0.717) is 0 Å². The lowest BCUT2D eigenvalue weighted by molar-refractivity contribution is -0.0885. The molecule has 0 fully saturated rings. The van der Waals surface area contributed by atoms with Gasteiger partial charge in [0.1, 0.15) is 6.67 Å². The molecule has 1 aromatic rings. The Balaban J connectivity index is 2.82. The molecule has 3 nitrogen and oxygen atoms in total. The maximum Gasteiger partial charge on any atom is 0.454 e. The lowest BCUT2D eigenvalue weighted by atomic mass is 10.2. The van der Waals surface area contributed by atoms with Crippen LogP contribution in [0, 0.1) is 0 Å². The average Bonchev–Trinajstić information content (AvgIpc) is 2.50. The summed E-state index contributed by atoms with van der Waals surface area (Å²) in [6, 6.07) is 0. The molecule has 0 saturated carbocycles. The Hall–Kier alpha value is -1.40. The Morgan fingerprint density at radius 1 is 1.50 bits per heavy atom. The van der Waals surface area contributed by atoms with Crippen molar-refractivity contribution in [3.63, 3.8) is 0 Å². The minimum atomic E-state index is -4.91. The molecule has 7 heteroatoms. The fraction of sp³-hybridized carbons (Fsp3) is 0.429. The highest BCUT2D eigenvalue weighted by Crippen LogP contribution is 2.20. The topological polar surface area (TPSA) is 34.9 Å². The Kier molecular flexibility index (Phi) is 2.87. The molecule has 0 aliphatic rings. The molecule has 1 heterocycles. The summed E-state index contributed by atoms with van der Waals surface area (Å²) in [7, 11) is 0. The fourth-order valence-electron chi connectivity index (χ4n) is 0.853. The number of ketones is 1. The third-order valence-electron chi connectivity index (χ3n) is 1.47. The third-order valence-corrected chi connectivity index (χ3v) is 1.47. The van der Waals surface area contributed by atoms with E-state index in [2.05, 4.69) is 5.10 Å². The monoisotopic (exact) mass is 210 g/mol. The van der Waals surface area contributed by atoms with Gasteiger partial charge in [-0.15, -0.1) is 0 Å². The van der Waals surface area contributed by atoms with Crippen LogP contribution in [0.2, 0.25) is 0 Å². The molecular formula is C7H6F4N2O. The van der Waals surface area contributed by atoms with Gasteiger partial charge in [-0.25, -0.2) is 4.39 Å². The predicted octanol–water partition coefficient (Wildman–Crippen LogP) is 1.60. The highest BCUT2D eigenvalue weighted by molar-refractivity contribution is 5.99. The molecule has 0 spiro atoms. The molecule has 0 atom stereocenters. The fourth-order valence-corrected chi connectivity index (χ4v) is 0.853. The van der Waals surface area contributed by atoms with Gasteiger partial charge in [0.2, 0.25) is 0 Å². The van der Waals surface area contributed by atoms with E-state index in [1.807, 2.05) is 0 Å². The number of aromatic nitrogens is 2. The number of halogens is 4. The lowest BCUT2D eigenvalue weighted by Gasteiger charge is -2.01. The number of rotatable bonds is 3. The highest BCUT2D eigenvalue weighted by atomic mass is 19.4. The molecule has 0 unspecified atom stereocenters. The molecule has 0 aliphatic heterocycles. The maximum atomic E-state index is 11.9. The van der Waals surface area contributed by atoms with E-state index in [1.54, 1.807) is 0 Å². The molecule has 0 amide bonds. The number of carbonyl (C=O) groups is 1. The molecule has 0 aliphatic carbocycles. The summed E-state index contributed by atoms with van der Waals surface area (Å²) in [5, 5.41) is 3.40. The second-order valence-electron chi connectivity index (χ2n) is 2.51. The van der Waals surface area contributed by atoms with Crippen molar-refractivity contribution in [2.75, 3.05) is 6.67 Å². The van der Waals surface area contributed by atoms with Gasteiger partial charge < -0.3 is 0 Å². The summed E-state index contributed by atoms with van der Waals surface area (Å²) >= 11 is 0. The van der Waals surface area contributed by atoms with Crippen LogP contribution in [0.5, 0.6) is 0 Å². The number of hydrogen-bond acceptors (Lipinski definition) is 2. The standard InChI is InChI=1S/C7H6F4N2O/c8-1-2-13-4-5(3-12-13)6(14)7(9,10)11/h3-4H,1-2H2. The van der Waals surface area contributed by atoms with E-state index in [4.69, 9.17) is 0 Å². The number of aryl methyl sites for hydroxylation is 1. The zero-order valence-electron chi connectivity index (χ0n) is 6.88. The first-order chi connectivity index (χ1) is 6.45. The molecular weight excluding hydrogens is 204 g/mol. The Bertz CT molecular complexity index is 331. The molecule has 0 aromatic carbocycles. The van der Waals surface area contributed by atoms with Crippen LogP contribution in [0.4, 0.5) is 17.6 Å². The van der Waals surface area contributed by atoms with Crippen LogP contribution < -0.4 is 0 Å². The average molecular weight is 210 g/mol. The van der Waals surface area contributed by atoms with Crippen molar-refractivity contribution in [3.05, 3.63) is 18.0 Å². The maximum absolute atomic E-state index is 11.9. The summed E-state index contributed by atoms with van der Waals surface area (Å²) in [5.41, 5.74) is -0.578. The van der Waals surface area contributed by atoms with Crippen molar-refractivity contribution in [2.24, 2.45) is 0 Å². The molecule has 1 rings (SSSR count). The van der Waals surface area contributed by atoms with E-state index in [-0.39, 0.29) is 6.54 Å². The Morgan fingerprint density at radius 3 is 2.64 bits per heavy atom. The molecule has 78 valence electrons. The SMILES string of the molecule is O=C(c1cnn(CCF)c1)C(F)(F)F.